The van der Waals surface area contributed by atoms with Gasteiger partial charge in [0, 0.05) is 24.2 Å². The van der Waals surface area contributed by atoms with Crippen LogP contribution in [0.25, 0.3) is 28.0 Å². The van der Waals surface area contributed by atoms with E-state index in [4.69, 9.17) is 0 Å². The standard InChI is InChI=1S/C18H13N3/c1-2-4-14(5-3-1)15-6-8-16(9-7-15)17-13-21-11-10-19-12-18(21)20-17/h1-13H. The zero-order valence-corrected chi connectivity index (χ0v) is 11.3. The number of aromatic nitrogens is 3. The third-order valence-electron chi connectivity index (χ3n) is 3.55. The van der Waals surface area contributed by atoms with E-state index in [-0.39, 0.29) is 0 Å². The van der Waals surface area contributed by atoms with Crippen molar-refractivity contribution in [2.75, 3.05) is 0 Å². The minimum atomic E-state index is 0.861. The Labute approximate surface area is 122 Å². The van der Waals surface area contributed by atoms with Crippen molar-refractivity contribution in [3.63, 3.8) is 0 Å². The van der Waals surface area contributed by atoms with Gasteiger partial charge in [-0.3, -0.25) is 4.98 Å². The normalized spacial score (nSPS) is 10.9. The van der Waals surface area contributed by atoms with Crippen LogP contribution in [0.2, 0.25) is 0 Å². The molecule has 0 aliphatic rings. The number of fused-ring (bicyclic) bond motifs is 1. The average molecular weight is 271 g/mol. The van der Waals surface area contributed by atoms with Gasteiger partial charge in [0.05, 0.1) is 11.9 Å². The van der Waals surface area contributed by atoms with Gasteiger partial charge in [-0.1, -0.05) is 54.6 Å². The average Bonchev–Trinajstić information content (AvgIpc) is 3.00. The predicted molar refractivity (Wildman–Crippen MR) is 83.9 cm³/mol. The summed E-state index contributed by atoms with van der Waals surface area (Å²) in [5.74, 6) is 0. The van der Waals surface area contributed by atoms with Gasteiger partial charge in [-0.25, -0.2) is 4.98 Å². The first-order valence-electron chi connectivity index (χ1n) is 6.85. The summed E-state index contributed by atoms with van der Waals surface area (Å²) in [5, 5.41) is 0. The van der Waals surface area contributed by atoms with Crippen LogP contribution in [0.1, 0.15) is 0 Å². The number of nitrogens with zero attached hydrogens (tertiary/aromatic N) is 3. The SMILES string of the molecule is c1ccc(-c2ccc(-c3cn4ccncc4n3)cc2)cc1. The molecule has 0 spiro atoms. The van der Waals surface area contributed by atoms with Gasteiger partial charge in [0.15, 0.2) is 5.65 Å². The van der Waals surface area contributed by atoms with Crippen molar-refractivity contribution in [3.8, 4) is 22.4 Å². The van der Waals surface area contributed by atoms with Gasteiger partial charge in [-0.15, -0.1) is 0 Å². The molecule has 0 N–H and O–H groups in total. The molecule has 2 aromatic carbocycles. The van der Waals surface area contributed by atoms with Crippen molar-refractivity contribution >= 4 is 5.65 Å². The summed E-state index contributed by atoms with van der Waals surface area (Å²) in [4.78, 5) is 8.68. The second-order valence-corrected chi connectivity index (χ2v) is 4.91. The highest BCUT2D eigenvalue weighted by Gasteiger charge is 2.04. The van der Waals surface area contributed by atoms with Gasteiger partial charge < -0.3 is 4.40 Å². The molecule has 0 aliphatic carbocycles. The highest BCUT2D eigenvalue weighted by atomic mass is 15.0. The van der Waals surface area contributed by atoms with Crippen molar-refractivity contribution in [3.05, 3.63) is 79.4 Å². The van der Waals surface area contributed by atoms with Gasteiger partial charge in [0.25, 0.3) is 0 Å². The molecule has 0 aliphatic heterocycles. The summed E-state index contributed by atoms with van der Waals surface area (Å²) in [6, 6.07) is 18.9. The molecule has 0 fully saturated rings. The molecule has 21 heavy (non-hydrogen) atoms. The topological polar surface area (TPSA) is 30.2 Å². The molecule has 100 valence electrons. The molecular weight excluding hydrogens is 258 g/mol. The van der Waals surface area contributed by atoms with Crippen LogP contribution in [0.15, 0.2) is 79.4 Å². The third-order valence-corrected chi connectivity index (χ3v) is 3.55. The fourth-order valence-electron chi connectivity index (χ4n) is 2.45. The number of imidazole rings is 1. The monoisotopic (exact) mass is 271 g/mol. The molecule has 2 aromatic heterocycles. The first kappa shape index (κ1) is 11.9. The second-order valence-electron chi connectivity index (χ2n) is 4.91. The lowest BCUT2D eigenvalue weighted by Crippen LogP contribution is -1.81. The number of benzene rings is 2. The second kappa shape index (κ2) is 4.87. The van der Waals surface area contributed by atoms with Crippen LogP contribution in [0.3, 0.4) is 0 Å². The third kappa shape index (κ3) is 2.19. The highest BCUT2D eigenvalue weighted by Crippen LogP contribution is 2.24. The number of rotatable bonds is 2. The molecule has 0 atom stereocenters. The summed E-state index contributed by atoms with van der Waals surface area (Å²) in [6.07, 6.45) is 7.46. The van der Waals surface area contributed by atoms with Crippen LogP contribution in [0, 0.1) is 0 Å². The Balaban J connectivity index is 1.73. The van der Waals surface area contributed by atoms with Gasteiger partial charge in [0.1, 0.15) is 0 Å². The lowest BCUT2D eigenvalue weighted by Gasteiger charge is -2.02. The lowest BCUT2D eigenvalue weighted by atomic mass is 10.0. The van der Waals surface area contributed by atoms with E-state index in [2.05, 4.69) is 58.5 Å². The maximum absolute atomic E-state index is 4.59. The first-order valence-corrected chi connectivity index (χ1v) is 6.85. The maximum atomic E-state index is 4.59. The van der Waals surface area contributed by atoms with Crippen LogP contribution in [0.4, 0.5) is 0 Å². The summed E-state index contributed by atoms with van der Waals surface area (Å²) in [7, 11) is 0. The van der Waals surface area contributed by atoms with E-state index in [1.54, 1.807) is 12.4 Å². The first-order chi connectivity index (χ1) is 10.4. The smallest absolute Gasteiger partial charge is 0.155 e. The molecule has 3 nitrogen and oxygen atoms in total. The van der Waals surface area contributed by atoms with Crippen LogP contribution in [-0.2, 0) is 0 Å². The molecule has 0 bridgehead atoms. The fourth-order valence-corrected chi connectivity index (χ4v) is 2.45. The van der Waals surface area contributed by atoms with Gasteiger partial charge in [-0.2, -0.15) is 0 Å². The van der Waals surface area contributed by atoms with Crippen LogP contribution in [-0.4, -0.2) is 14.4 Å². The summed E-state index contributed by atoms with van der Waals surface area (Å²) >= 11 is 0. The molecular formula is C18H13N3. The van der Waals surface area contributed by atoms with Crippen molar-refractivity contribution in [2.24, 2.45) is 0 Å². The molecule has 3 heteroatoms. The quantitative estimate of drug-likeness (QED) is 0.550. The van der Waals surface area contributed by atoms with Crippen LogP contribution >= 0.6 is 0 Å². The van der Waals surface area contributed by atoms with Crippen molar-refractivity contribution < 1.29 is 0 Å². The summed E-state index contributed by atoms with van der Waals surface area (Å²) in [5.41, 5.74) is 5.37. The Bertz CT molecular complexity index is 844. The van der Waals surface area contributed by atoms with Crippen molar-refractivity contribution in [1.82, 2.24) is 14.4 Å². The zero-order valence-electron chi connectivity index (χ0n) is 11.3. The molecule has 4 aromatic rings. The van der Waals surface area contributed by atoms with Gasteiger partial charge in [-0.05, 0) is 11.1 Å². The molecule has 0 amide bonds. The Morgan fingerprint density at radius 2 is 1.48 bits per heavy atom. The molecule has 0 radical (unpaired) electrons. The molecule has 0 saturated heterocycles. The minimum Gasteiger partial charge on any atom is -0.304 e. The maximum Gasteiger partial charge on any atom is 0.155 e. The number of hydrogen-bond donors (Lipinski definition) is 0. The van der Waals surface area contributed by atoms with Gasteiger partial charge in [0.2, 0.25) is 0 Å². The molecule has 2 heterocycles. The Morgan fingerprint density at radius 3 is 2.24 bits per heavy atom. The van der Waals surface area contributed by atoms with Crippen LogP contribution in [0.5, 0.6) is 0 Å². The Hall–Kier alpha value is -2.94. The minimum absolute atomic E-state index is 0.861. The van der Waals surface area contributed by atoms with Crippen LogP contribution < -0.4 is 0 Å². The lowest BCUT2D eigenvalue weighted by molar-refractivity contribution is 1.13. The number of hydrogen-bond acceptors (Lipinski definition) is 2. The van der Waals surface area contributed by atoms with E-state index in [9.17, 15) is 0 Å². The van der Waals surface area contributed by atoms with Crippen molar-refractivity contribution in [1.29, 1.82) is 0 Å². The fraction of sp³-hybridized carbons (Fsp3) is 0. The van der Waals surface area contributed by atoms with E-state index >= 15 is 0 Å². The van der Waals surface area contributed by atoms with Gasteiger partial charge >= 0.3 is 0 Å². The molecule has 0 saturated carbocycles. The Morgan fingerprint density at radius 1 is 0.762 bits per heavy atom. The van der Waals surface area contributed by atoms with E-state index in [1.165, 1.54) is 11.1 Å². The predicted octanol–water partition coefficient (Wildman–Crippen LogP) is 4.06. The van der Waals surface area contributed by atoms with Crippen molar-refractivity contribution in [2.45, 2.75) is 0 Å². The zero-order chi connectivity index (χ0) is 14.1. The molecule has 0 unspecified atom stereocenters. The van der Waals surface area contributed by atoms with E-state index in [0.29, 0.717) is 0 Å². The van der Waals surface area contributed by atoms with E-state index in [1.807, 2.05) is 22.9 Å². The highest BCUT2D eigenvalue weighted by molar-refractivity contribution is 5.69. The van der Waals surface area contributed by atoms with E-state index < -0.39 is 0 Å². The summed E-state index contributed by atoms with van der Waals surface area (Å²) in [6.45, 7) is 0. The molecule has 4 rings (SSSR count). The Kier molecular flexibility index (Phi) is 2.75. The van der Waals surface area contributed by atoms with E-state index in [0.717, 1.165) is 16.9 Å². The largest absolute Gasteiger partial charge is 0.304 e. The summed E-state index contributed by atoms with van der Waals surface area (Å²) < 4.78 is 1.98.